The molecule has 2 rings (SSSR count). The summed E-state index contributed by atoms with van der Waals surface area (Å²) in [6.45, 7) is 6.95. The molecule has 1 amide bonds. The second-order valence-electron chi connectivity index (χ2n) is 4.56. The molecule has 0 atom stereocenters. The number of hydrogen-bond acceptors (Lipinski definition) is 4. The number of aryl methyl sites for hydroxylation is 1. The van der Waals surface area contributed by atoms with Gasteiger partial charge in [-0.3, -0.25) is 4.79 Å². The van der Waals surface area contributed by atoms with Crippen LogP contribution in [-0.2, 0) is 0 Å². The van der Waals surface area contributed by atoms with Crippen LogP contribution in [0.25, 0.3) is 11.1 Å². The van der Waals surface area contributed by atoms with Gasteiger partial charge in [0.1, 0.15) is 5.75 Å². The van der Waals surface area contributed by atoms with E-state index in [4.69, 9.17) is 10.5 Å². The van der Waals surface area contributed by atoms with Crippen LogP contribution in [0, 0.1) is 6.92 Å². The number of thiophene rings is 1. The predicted molar refractivity (Wildman–Crippen MR) is 88.1 cm³/mol. The number of hydrogen-bond donors (Lipinski definition) is 2. The number of para-hydroxylation sites is 1. The fourth-order valence-electron chi connectivity index (χ4n) is 2.32. The Morgan fingerprint density at radius 3 is 2.71 bits per heavy atom. The van der Waals surface area contributed by atoms with Gasteiger partial charge < -0.3 is 15.8 Å². The Morgan fingerprint density at radius 1 is 1.33 bits per heavy atom. The molecule has 1 aromatic carbocycles. The quantitative estimate of drug-likeness (QED) is 0.889. The average Bonchev–Trinajstić information content (AvgIpc) is 2.75. The lowest BCUT2D eigenvalue weighted by molar-refractivity contribution is 0.0957. The molecule has 112 valence electrons. The molecular weight excluding hydrogens is 284 g/mol. The monoisotopic (exact) mass is 304 g/mol. The van der Waals surface area contributed by atoms with Gasteiger partial charge in [0.25, 0.3) is 5.91 Å². The fraction of sp³-hybridized carbons (Fsp3) is 0.312. The van der Waals surface area contributed by atoms with Crippen molar-refractivity contribution >= 4 is 22.2 Å². The van der Waals surface area contributed by atoms with Gasteiger partial charge in [-0.2, -0.15) is 0 Å². The number of nitrogen functional groups attached to an aromatic ring is 1. The SMILES string of the molecule is CCNC(=O)c1c(N)sc(C)c1-c1ccccc1OCC. The van der Waals surface area contributed by atoms with Crippen molar-refractivity contribution in [1.29, 1.82) is 0 Å². The number of carbonyl (C=O) groups is 1. The van der Waals surface area contributed by atoms with E-state index >= 15 is 0 Å². The van der Waals surface area contributed by atoms with Crippen molar-refractivity contribution in [3.8, 4) is 16.9 Å². The Balaban J connectivity index is 2.61. The summed E-state index contributed by atoms with van der Waals surface area (Å²) in [6.07, 6.45) is 0. The summed E-state index contributed by atoms with van der Waals surface area (Å²) >= 11 is 1.43. The molecule has 4 nitrogen and oxygen atoms in total. The standard InChI is InChI=1S/C16H20N2O2S/c1-4-18-16(19)14-13(10(3)21-15(14)17)11-8-6-7-9-12(11)20-5-2/h6-9H,4-5,17H2,1-3H3,(H,18,19). The van der Waals surface area contributed by atoms with Crippen molar-refractivity contribution in [3.63, 3.8) is 0 Å². The highest BCUT2D eigenvalue weighted by molar-refractivity contribution is 7.16. The molecule has 1 aromatic heterocycles. The summed E-state index contributed by atoms with van der Waals surface area (Å²) in [5.41, 5.74) is 8.38. The maximum atomic E-state index is 12.3. The Bertz CT molecular complexity index is 650. The van der Waals surface area contributed by atoms with Gasteiger partial charge >= 0.3 is 0 Å². The van der Waals surface area contributed by atoms with Crippen LogP contribution in [0.5, 0.6) is 5.75 Å². The molecule has 0 radical (unpaired) electrons. The molecule has 3 N–H and O–H groups in total. The highest BCUT2D eigenvalue weighted by Crippen LogP contribution is 2.41. The zero-order chi connectivity index (χ0) is 15.4. The van der Waals surface area contributed by atoms with E-state index in [1.165, 1.54) is 11.3 Å². The zero-order valence-corrected chi connectivity index (χ0v) is 13.3. The largest absolute Gasteiger partial charge is 0.493 e. The number of amides is 1. The van der Waals surface area contributed by atoms with Crippen LogP contribution in [0.1, 0.15) is 29.1 Å². The van der Waals surface area contributed by atoms with Gasteiger partial charge in [0.15, 0.2) is 0 Å². The lowest BCUT2D eigenvalue weighted by Gasteiger charge is -2.12. The topological polar surface area (TPSA) is 64.4 Å². The molecule has 0 saturated heterocycles. The van der Waals surface area contributed by atoms with Crippen LogP contribution in [0.15, 0.2) is 24.3 Å². The molecule has 21 heavy (non-hydrogen) atoms. The molecule has 0 aliphatic carbocycles. The van der Waals surface area contributed by atoms with Crippen molar-refractivity contribution < 1.29 is 9.53 Å². The molecule has 0 fully saturated rings. The number of nitrogens with two attached hydrogens (primary N) is 1. The van der Waals surface area contributed by atoms with Gasteiger partial charge in [-0.05, 0) is 26.8 Å². The highest BCUT2D eigenvalue weighted by Gasteiger charge is 2.23. The Labute approximate surface area is 128 Å². The van der Waals surface area contributed by atoms with Crippen LogP contribution < -0.4 is 15.8 Å². The molecule has 0 aliphatic heterocycles. The minimum absolute atomic E-state index is 0.138. The molecule has 0 saturated carbocycles. The van der Waals surface area contributed by atoms with Crippen LogP contribution in [0.3, 0.4) is 0 Å². The molecule has 1 heterocycles. The van der Waals surface area contributed by atoms with E-state index in [1.807, 2.05) is 45.0 Å². The van der Waals surface area contributed by atoms with E-state index in [0.717, 1.165) is 21.8 Å². The lowest BCUT2D eigenvalue weighted by Crippen LogP contribution is -2.23. The summed E-state index contributed by atoms with van der Waals surface area (Å²) in [7, 11) is 0. The Hall–Kier alpha value is -2.01. The van der Waals surface area contributed by atoms with Gasteiger partial charge in [-0.15, -0.1) is 11.3 Å². The number of nitrogens with one attached hydrogen (secondary N) is 1. The molecule has 0 unspecified atom stereocenters. The van der Waals surface area contributed by atoms with Crippen molar-refractivity contribution in [2.75, 3.05) is 18.9 Å². The highest BCUT2D eigenvalue weighted by atomic mass is 32.1. The first kappa shape index (κ1) is 15.4. The third kappa shape index (κ3) is 3.03. The first-order chi connectivity index (χ1) is 10.1. The van der Waals surface area contributed by atoms with Gasteiger partial charge in [0.05, 0.1) is 17.2 Å². The second kappa shape index (κ2) is 6.63. The first-order valence-electron chi connectivity index (χ1n) is 6.99. The Morgan fingerprint density at radius 2 is 2.05 bits per heavy atom. The average molecular weight is 304 g/mol. The summed E-state index contributed by atoms with van der Waals surface area (Å²) in [4.78, 5) is 13.3. The second-order valence-corrected chi connectivity index (χ2v) is 5.82. The van der Waals surface area contributed by atoms with Crippen LogP contribution in [0.4, 0.5) is 5.00 Å². The van der Waals surface area contributed by atoms with E-state index in [2.05, 4.69) is 5.32 Å². The fourth-order valence-corrected chi connectivity index (χ4v) is 3.26. The van der Waals surface area contributed by atoms with Crippen molar-refractivity contribution in [3.05, 3.63) is 34.7 Å². The maximum absolute atomic E-state index is 12.3. The van der Waals surface area contributed by atoms with Crippen molar-refractivity contribution in [2.45, 2.75) is 20.8 Å². The molecule has 5 heteroatoms. The van der Waals surface area contributed by atoms with Gasteiger partial charge in [0.2, 0.25) is 0 Å². The third-order valence-corrected chi connectivity index (χ3v) is 4.07. The van der Waals surface area contributed by atoms with Gasteiger partial charge in [-0.25, -0.2) is 0 Å². The normalized spacial score (nSPS) is 10.4. The minimum Gasteiger partial charge on any atom is -0.493 e. The summed E-state index contributed by atoms with van der Waals surface area (Å²) < 4.78 is 5.68. The van der Waals surface area contributed by atoms with Crippen LogP contribution in [0.2, 0.25) is 0 Å². The lowest BCUT2D eigenvalue weighted by atomic mass is 10.00. The van der Waals surface area contributed by atoms with E-state index in [-0.39, 0.29) is 5.91 Å². The first-order valence-corrected chi connectivity index (χ1v) is 7.81. The number of benzene rings is 1. The summed E-state index contributed by atoms with van der Waals surface area (Å²) in [5.74, 6) is 0.632. The van der Waals surface area contributed by atoms with Crippen LogP contribution in [-0.4, -0.2) is 19.1 Å². The van der Waals surface area contributed by atoms with E-state index in [1.54, 1.807) is 0 Å². The Kier molecular flexibility index (Phi) is 4.85. The summed E-state index contributed by atoms with van der Waals surface area (Å²) in [5, 5.41) is 3.37. The van der Waals surface area contributed by atoms with Crippen molar-refractivity contribution in [2.24, 2.45) is 0 Å². The number of anilines is 1. The van der Waals surface area contributed by atoms with E-state index < -0.39 is 0 Å². The van der Waals surface area contributed by atoms with Crippen LogP contribution >= 0.6 is 11.3 Å². The van der Waals surface area contributed by atoms with E-state index in [9.17, 15) is 4.79 Å². The molecule has 0 bridgehead atoms. The molecular formula is C16H20N2O2S. The summed E-state index contributed by atoms with van der Waals surface area (Å²) in [6, 6.07) is 7.73. The molecule has 2 aromatic rings. The molecule has 0 aliphatic rings. The van der Waals surface area contributed by atoms with E-state index in [0.29, 0.717) is 23.7 Å². The smallest absolute Gasteiger partial charge is 0.254 e. The predicted octanol–water partition coefficient (Wildman–Crippen LogP) is 3.45. The molecule has 0 spiro atoms. The number of ether oxygens (including phenoxy) is 1. The minimum atomic E-state index is -0.138. The van der Waals surface area contributed by atoms with Crippen molar-refractivity contribution in [1.82, 2.24) is 5.32 Å². The number of carbonyl (C=O) groups excluding carboxylic acids is 1. The number of rotatable bonds is 5. The zero-order valence-electron chi connectivity index (χ0n) is 12.5. The third-order valence-electron chi connectivity index (χ3n) is 3.13. The van der Waals surface area contributed by atoms with Gasteiger partial charge in [-0.1, -0.05) is 18.2 Å². The van der Waals surface area contributed by atoms with Gasteiger partial charge in [0, 0.05) is 22.5 Å². The maximum Gasteiger partial charge on any atom is 0.254 e.